The van der Waals surface area contributed by atoms with Gasteiger partial charge < -0.3 is 5.11 Å². The highest BCUT2D eigenvalue weighted by molar-refractivity contribution is 9.10. The van der Waals surface area contributed by atoms with Crippen molar-refractivity contribution in [2.45, 2.75) is 4.90 Å². The quantitative estimate of drug-likeness (QED) is 0.808. The van der Waals surface area contributed by atoms with Crippen molar-refractivity contribution in [2.75, 3.05) is 0 Å². The molecule has 72 valence electrons. The molecule has 0 bridgehead atoms. The van der Waals surface area contributed by atoms with Crippen LogP contribution in [0.1, 0.15) is 0 Å². The molecule has 0 aromatic heterocycles. The fourth-order valence-electron chi connectivity index (χ4n) is 0.728. The Kier molecular flexibility index (Phi) is 2.84. The molecule has 1 rings (SSSR count). The molecule has 0 saturated heterocycles. The number of hydrogen-bond donors (Lipinski definition) is 1. The van der Waals surface area contributed by atoms with Gasteiger partial charge in [-0.2, -0.15) is 8.42 Å². The van der Waals surface area contributed by atoms with E-state index >= 15 is 0 Å². The number of phenolic OH excluding ortho intramolecular Hbond substituents is 1. The van der Waals surface area contributed by atoms with E-state index in [0.29, 0.717) is 0 Å². The average Bonchev–Trinajstić information content (AvgIpc) is 1.94. The Morgan fingerprint density at radius 1 is 1.46 bits per heavy atom. The van der Waals surface area contributed by atoms with Crippen LogP contribution in [0.3, 0.4) is 0 Å². The van der Waals surface area contributed by atoms with E-state index in [1.807, 2.05) is 0 Å². The minimum atomic E-state index is -4.94. The topological polar surface area (TPSA) is 54.4 Å². The van der Waals surface area contributed by atoms with E-state index in [1.54, 1.807) is 0 Å². The fraction of sp³-hybridized carbons (Fsp3) is 0. The molecule has 0 heterocycles. The third kappa shape index (κ3) is 2.32. The molecule has 1 N–H and O–H groups in total. The van der Waals surface area contributed by atoms with Gasteiger partial charge in [0.15, 0.2) is 5.75 Å². The van der Waals surface area contributed by atoms with Gasteiger partial charge in [-0.05, 0) is 12.1 Å². The Morgan fingerprint density at radius 3 is 2.46 bits per heavy atom. The normalized spacial score (nSPS) is 11.6. The lowest BCUT2D eigenvalue weighted by molar-refractivity contribution is 0.455. The summed E-state index contributed by atoms with van der Waals surface area (Å²) in [6, 6.07) is 2.18. The lowest BCUT2D eigenvalue weighted by atomic mass is 10.3. The number of hydrogen-bond acceptors (Lipinski definition) is 3. The summed E-state index contributed by atoms with van der Waals surface area (Å²) >= 11 is 8.33. The maximum absolute atomic E-state index is 12.5. The second kappa shape index (κ2) is 3.43. The fourth-order valence-corrected chi connectivity index (χ4v) is 2.35. The Labute approximate surface area is 87.5 Å². The zero-order chi connectivity index (χ0) is 10.2. The number of halogens is 3. The van der Waals surface area contributed by atoms with Gasteiger partial charge in [0, 0.05) is 4.47 Å². The van der Waals surface area contributed by atoms with Crippen molar-refractivity contribution in [3.05, 3.63) is 21.6 Å². The van der Waals surface area contributed by atoms with Crippen molar-refractivity contribution < 1.29 is 17.4 Å². The van der Waals surface area contributed by atoms with Crippen LogP contribution in [0.15, 0.2) is 21.5 Å². The molecule has 13 heavy (non-hydrogen) atoms. The molecule has 7 heteroatoms. The third-order valence-corrected chi connectivity index (χ3v) is 2.84. The summed E-state index contributed by atoms with van der Waals surface area (Å²) in [5.41, 5.74) is 0. The third-order valence-electron chi connectivity index (χ3n) is 1.26. The molecule has 0 radical (unpaired) electrons. The number of aromatic hydroxyl groups is 1. The van der Waals surface area contributed by atoms with Gasteiger partial charge in [0.25, 0.3) is 0 Å². The summed E-state index contributed by atoms with van der Waals surface area (Å²) in [4.78, 5) is -0.841. The second-order valence-electron chi connectivity index (χ2n) is 2.17. The number of benzene rings is 1. The molecule has 0 unspecified atom stereocenters. The molecule has 0 saturated carbocycles. The van der Waals surface area contributed by atoms with Crippen LogP contribution in [-0.4, -0.2) is 13.5 Å². The second-order valence-corrected chi connectivity index (χ2v) is 4.81. The van der Waals surface area contributed by atoms with Gasteiger partial charge in [0.2, 0.25) is 0 Å². The van der Waals surface area contributed by atoms with Crippen LogP contribution in [-0.2, 0) is 10.2 Å². The summed E-state index contributed by atoms with van der Waals surface area (Å²) in [6.07, 6.45) is 0. The van der Waals surface area contributed by atoms with E-state index < -0.39 is 20.9 Å². The largest absolute Gasteiger partial charge is 0.505 e. The van der Waals surface area contributed by atoms with Crippen LogP contribution in [0.2, 0.25) is 5.02 Å². The monoisotopic (exact) mass is 288 g/mol. The lowest BCUT2D eigenvalue weighted by Crippen LogP contribution is -1.93. The highest BCUT2D eigenvalue weighted by Gasteiger charge is 2.20. The minimum Gasteiger partial charge on any atom is -0.505 e. The Balaban J connectivity index is 3.56. The first kappa shape index (κ1) is 10.7. The molecule has 0 aliphatic carbocycles. The molecule has 0 atom stereocenters. The molecular formula is C6H3BrClFO3S. The van der Waals surface area contributed by atoms with E-state index in [1.165, 1.54) is 6.07 Å². The van der Waals surface area contributed by atoms with Gasteiger partial charge in [-0.15, -0.1) is 3.89 Å². The van der Waals surface area contributed by atoms with Crippen LogP contribution < -0.4 is 0 Å². The predicted molar refractivity (Wildman–Crippen MR) is 49.1 cm³/mol. The highest BCUT2D eigenvalue weighted by atomic mass is 79.9. The van der Waals surface area contributed by atoms with Crippen molar-refractivity contribution >= 4 is 37.8 Å². The first-order valence-corrected chi connectivity index (χ1v) is 5.50. The van der Waals surface area contributed by atoms with Crippen molar-refractivity contribution in [3.63, 3.8) is 0 Å². The zero-order valence-corrected chi connectivity index (χ0v) is 9.12. The maximum atomic E-state index is 12.5. The lowest BCUT2D eigenvalue weighted by Gasteiger charge is -2.02. The van der Waals surface area contributed by atoms with Gasteiger partial charge >= 0.3 is 10.2 Å². The van der Waals surface area contributed by atoms with Crippen LogP contribution in [0.4, 0.5) is 3.89 Å². The first-order valence-electron chi connectivity index (χ1n) is 2.95. The van der Waals surface area contributed by atoms with Gasteiger partial charge in [0.05, 0.1) is 5.02 Å². The van der Waals surface area contributed by atoms with E-state index in [-0.39, 0.29) is 9.50 Å². The zero-order valence-electron chi connectivity index (χ0n) is 5.96. The van der Waals surface area contributed by atoms with E-state index in [4.69, 9.17) is 16.7 Å². The number of rotatable bonds is 1. The molecule has 0 spiro atoms. The summed E-state index contributed by atoms with van der Waals surface area (Å²) in [6.45, 7) is 0. The van der Waals surface area contributed by atoms with Gasteiger partial charge in [-0.1, -0.05) is 27.5 Å². The molecule has 1 aromatic rings. The molecule has 3 nitrogen and oxygen atoms in total. The van der Waals surface area contributed by atoms with Crippen molar-refractivity contribution in [3.8, 4) is 5.75 Å². The minimum absolute atomic E-state index is 0.231. The van der Waals surface area contributed by atoms with Crippen molar-refractivity contribution in [1.29, 1.82) is 0 Å². The van der Waals surface area contributed by atoms with Crippen molar-refractivity contribution in [1.82, 2.24) is 0 Å². The molecule has 0 aliphatic heterocycles. The average molecular weight is 290 g/mol. The van der Waals surface area contributed by atoms with Crippen molar-refractivity contribution in [2.24, 2.45) is 0 Å². The maximum Gasteiger partial charge on any atom is 0.335 e. The van der Waals surface area contributed by atoms with Crippen LogP contribution in [0, 0.1) is 0 Å². The summed E-state index contributed by atoms with van der Waals surface area (Å²) in [7, 11) is -4.94. The van der Waals surface area contributed by atoms with Crippen LogP contribution in [0.5, 0.6) is 5.75 Å². The molecule has 0 fully saturated rings. The van der Waals surface area contributed by atoms with E-state index in [2.05, 4.69) is 15.9 Å². The highest BCUT2D eigenvalue weighted by Crippen LogP contribution is 2.34. The Bertz CT molecular complexity index is 445. The van der Waals surface area contributed by atoms with Gasteiger partial charge in [-0.25, -0.2) is 0 Å². The summed E-state index contributed by atoms with van der Waals surface area (Å²) in [5, 5.41) is 8.85. The standard InChI is InChI=1S/C6H3BrClFO3S/c7-3-1-4(8)6(10)5(2-3)13(9,11)12/h1-2,10H. The Morgan fingerprint density at radius 2 is 2.00 bits per heavy atom. The van der Waals surface area contributed by atoms with Crippen LogP contribution >= 0.6 is 27.5 Å². The van der Waals surface area contributed by atoms with Gasteiger partial charge in [-0.3, -0.25) is 0 Å². The molecule has 0 aliphatic rings. The van der Waals surface area contributed by atoms with E-state index in [9.17, 15) is 12.3 Å². The van der Waals surface area contributed by atoms with E-state index in [0.717, 1.165) is 6.07 Å². The summed E-state index contributed by atoms with van der Waals surface area (Å²) in [5.74, 6) is -0.785. The summed E-state index contributed by atoms with van der Waals surface area (Å²) < 4.78 is 33.6. The molecular weight excluding hydrogens is 286 g/mol. The SMILES string of the molecule is O=S(=O)(F)c1cc(Br)cc(Cl)c1O. The molecule has 0 amide bonds. The van der Waals surface area contributed by atoms with Gasteiger partial charge in [0.1, 0.15) is 4.90 Å². The first-order chi connectivity index (χ1) is 5.82. The van der Waals surface area contributed by atoms with Crippen LogP contribution in [0.25, 0.3) is 0 Å². The predicted octanol–water partition coefficient (Wildman–Crippen LogP) is 2.47. The number of phenols is 1. The molecule has 1 aromatic carbocycles. The Hall–Kier alpha value is -0.330. The smallest absolute Gasteiger partial charge is 0.335 e.